The second-order valence-electron chi connectivity index (χ2n) is 16.4. The van der Waals surface area contributed by atoms with Gasteiger partial charge in [0.1, 0.15) is 35.2 Å². The van der Waals surface area contributed by atoms with Gasteiger partial charge in [0.2, 0.25) is 17.4 Å². The molecule has 1 N–H and O–H groups in total. The molecule has 52 heavy (non-hydrogen) atoms. The van der Waals surface area contributed by atoms with Crippen LogP contribution in [-0.4, -0.2) is 82.1 Å². The van der Waals surface area contributed by atoms with Crippen molar-refractivity contribution in [3.63, 3.8) is 0 Å². The first-order valence-electron chi connectivity index (χ1n) is 18.4. The summed E-state index contributed by atoms with van der Waals surface area (Å²) in [6.45, 7) is 12.0. The van der Waals surface area contributed by atoms with Crippen molar-refractivity contribution in [2.24, 2.45) is 17.3 Å². The summed E-state index contributed by atoms with van der Waals surface area (Å²) in [5, 5.41) is 2.51. The number of fused-ring (bicyclic) bond motifs is 5. The molecule has 2 amide bonds. The predicted octanol–water partition coefficient (Wildman–Crippen LogP) is 7.32. The van der Waals surface area contributed by atoms with E-state index in [0.29, 0.717) is 54.6 Å². The molecule has 1 aromatic heterocycles. The van der Waals surface area contributed by atoms with Gasteiger partial charge in [-0.25, -0.2) is 19.6 Å². The van der Waals surface area contributed by atoms with Crippen LogP contribution < -0.4 is 14.8 Å². The standard InChI is InChI=1S/C38H53F3N4O7/c1-9-24-28-21-45(29(24)33(47)51-36(5,6)7)32(46)30(35(2,3)4)44-34(48)52-37(38(39,40)41)19-13-15-22(37)14-11-10-12-16-26-31(50-28)43-27-20-23(49-8)17-18-25(27)42-26/h17-18,20,22,24,28-30H,9-16,19,21H2,1-8H3,(H,44,48)/t22-,24-,28+,29+,30-,37?/m1/s1. The van der Waals surface area contributed by atoms with E-state index in [2.05, 4.69) is 5.32 Å². The molecule has 3 aliphatic rings. The van der Waals surface area contributed by atoms with Crippen molar-refractivity contribution in [1.82, 2.24) is 20.2 Å². The maximum absolute atomic E-state index is 14.9. The Bertz CT molecular complexity index is 1640. The molecule has 1 saturated carbocycles. The van der Waals surface area contributed by atoms with E-state index in [4.69, 9.17) is 28.9 Å². The van der Waals surface area contributed by atoms with E-state index >= 15 is 0 Å². The fourth-order valence-electron chi connectivity index (χ4n) is 7.94. The van der Waals surface area contributed by atoms with Gasteiger partial charge in [-0.05, 0) is 83.3 Å². The third-order valence-electron chi connectivity index (χ3n) is 10.5. The average Bonchev–Trinajstić information content (AvgIpc) is 3.62. The molecule has 288 valence electrons. The number of methoxy groups -OCH3 is 1. The van der Waals surface area contributed by atoms with Crippen molar-refractivity contribution in [2.75, 3.05) is 13.7 Å². The Morgan fingerprint density at radius 2 is 1.73 bits per heavy atom. The number of hydrogen-bond acceptors (Lipinski definition) is 9. The molecular weight excluding hydrogens is 681 g/mol. The number of benzene rings is 1. The van der Waals surface area contributed by atoms with Gasteiger partial charge in [0.15, 0.2) is 0 Å². The molecule has 2 fully saturated rings. The molecule has 1 unspecified atom stereocenters. The number of esters is 1. The number of aromatic nitrogens is 2. The number of hydrogen-bond donors (Lipinski definition) is 1. The smallest absolute Gasteiger partial charge is 0.428 e. The summed E-state index contributed by atoms with van der Waals surface area (Å²) in [7, 11) is 1.55. The van der Waals surface area contributed by atoms with Gasteiger partial charge in [0.25, 0.3) is 0 Å². The first kappa shape index (κ1) is 39.4. The van der Waals surface area contributed by atoms with E-state index in [1.165, 1.54) is 4.90 Å². The van der Waals surface area contributed by atoms with Crippen LogP contribution in [0.4, 0.5) is 18.0 Å². The summed E-state index contributed by atoms with van der Waals surface area (Å²) in [5.41, 5.74) is -2.84. The maximum atomic E-state index is 14.9. The first-order valence-corrected chi connectivity index (χ1v) is 18.4. The summed E-state index contributed by atoms with van der Waals surface area (Å²) in [6, 6.07) is 2.85. The van der Waals surface area contributed by atoms with E-state index in [0.717, 1.165) is 0 Å². The number of carbonyl (C=O) groups is 3. The van der Waals surface area contributed by atoms with Gasteiger partial charge in [-0.2, -0.15) is 13.2 Å². The summed E-state index contributed by atoms with van der Waals surface area (Å²) in [5.74, 6) is -1.97. The lowest BCUT2D eigenvalue weighted by Crippen LogP contribution is -2.60. The van der Waals surface area contributed by atoms with Crippen LogP contribution >= 0.6 is 0 Å². The van der Waals surface area contributed by atoms with Crippen LogP contribution in [0.5, 0.6) is 11.6 Å². The number of halogens is 3. The van der Waals surface area contributed by atoms with Gasteiger partial charge in [0, 0.05) is 17.9 Å². The van der Waals surface area contributed by atoms with Crippen LogP contribution in [0.2, 0.25) is 0 Å². The second-order valence-corrected chi connectivity index (χ2v) is 16.4. The normalized spacial score (nSPS) is 28.1. The predicted molar refractivity (Wildman–Crippen MR) is 187 cm³/mol. The Morgan fingerprint density at radius 1 is 1.02 bits per heavy atom. The van der Waals surface area contributed by atoms with Crippen molar-refractivity contribution in [3.05, 3.63) is 23.9 Å². The molecule has 2 bridgehead atoms. The highest BCUT2D eigenvalue weighted by molar-refractivity contribution is 5.91. The Balaban J connectivity index is 1.62. The molecule has 0 radical (unpaired) electrons. The number of nitrogens with zero attached hydrogens (tertiary/aromatic N) is 3. The van der Waals surface area contributed by atoms with Crippen molar-refractivity contribution in [3.8, 4) is 11.6 Å². The van der Waals surface area contributed by atoms with Crippen molar-refractivity contribution in [1.29, 1.82) is 0 Å². The first-order chi connectivity index (χ1) is 24.3. The summed E-state index contributed by atoms with van der Waals surface area (Å²) in [4.78, 5) is 53.2. The average molecular weight is 735 g/mol. The van der Waals surface area contributed by atoms with Gasteiger partial charge in [-0.15, -0.1) is 0 Å². The molecule has 14 heteroatoms. The number of nitrogens with one attached hydrogen (secondary N) is 1. The van der Waals surface area contributed by atoms with Gasteiger partial charge >= 0.3 is 18.2 Å². The van der Waals surface area contributed by atoms with Crippen molar-refractivity contribution < 1.29 is 46.5 Å². The number of ether oxygens (including phenoxy) is 4. The lowest BCUT2D eigenvalue weighted by atomic mass is 9.85. The fourth-order valence-corrected chi connectivity index (χ4v) is 7.94. The Hall–Kier alpha value is -3.84. The number of aryl methyl sites for hydroxylation is 1. The number of alkyl carbamates (subject to hydrolysis) is 1. The number of alkyl halides is 3. The molecule has 1 aliphatic carbocycles. The zero-order chi connectivity index (χ0) is 38.2. The van der Waals surface area contributed by atoms with E-state index in [1.807, 2.05) is 6.92 Å². The lowest BCUT2D eigenvalue weighted by molar-refractivity contribution is -0.271. The highest BCUT2D eigenvalue weighted by Gasteiger charge is 2.64. The van der Waals surface area contributed by atoms with Crippen molar-refractivity contribution in [2.45, 2.75) is 142 Å². The Morgan fingerprint density at radius 3 is 2.37 bits per heavy atom. The van der Waals surface area contributed by atoms with E-state index in [9.17, 15) is 27.6 Å². The molecule has 2 aromatic rings. The molecular formula is C38H53F3N4O7. The fraction of sp³-hybridized carbons (Fsp3) is 0.711. The molecule has 6 atom stereocenters. The van der Waals surface area contributed by atoms with Crippen molar-refractivity contribution >= 4 is 29.0 Å². The molecule has 11 nitrogen and oxygen atoms in total. The minimum Gasteiger partial charge on any atom is -0.497 e. The maximum Gasteiger partial charge on any atom is 0.428 e. The topological polar surface area (TPSA) is 129 Å². The molecule has 0 spiro atoms. The van der Waals surface area contributed by atoms with Gasteiger partial charge in [-0.3, -0.25) is 4.79 Å². The number of rotatable bonds is 3. The van der Waals surface area contributed by atoms with Gasteiger partial charge in [0.05, 0.1) is 24.7 Å². The SMILES string of the molecule is CC[C@@H]1[C@@H]2CN(C(=O)[C@H](C(C)(C)C)NC(=O)OC3(C(F)(F)F)CCC[C@H]3CCCCCc3nc4ccc(OC)cc4nc3O2)[C@@H]1C(=O)OC(C)(C)C. The van der Waals surface area contributed by atoms with E-state index < -0.39 is 70.8 Å². The van der Waals surface area contributed by atoms with E-state index in [-0.39, 0.29) is 38.1 Å². The highest BCUT2D eigenvalue weighted by atomic mass is 19.4. The van der Waals surface area contributed by atoms with Crippen LogP contribution in [0.25, 0.3) is 11.0 Å². The quantitative estimate of drug-likeness (QED) is 0.323. The largest absolute Gasteiger partial charge is 0.497 e. The zero-order valence-corrected chi connectivity index (χ0v) is 31.5. The zero-order valence-electron chi connectivity index (χ0n) is 31.5. The molecule has 5 rings (SSSR count). The number of carbonyl (C=O) groups excluding carboxylic acids is 3. The summed E-state index contributed by atoms with van der Waals surface area (Å²) >= 11 is 0. The summed E-state index contributed by atoms with van der Waals surface area (Å²) in [6.07, 6.45) is -3.96. The molecule has 1 aromatic carbocycles. The Kier molecular flexibility index (Phi) is 11.3. The second kappa shape index (κ2) is 14.9. The Labute approximate surface area is 303 Å². The highest BCUT2D eigenvalue weighted by Crippen LogP contribution is 2.51. The van der Waals surface area contributed by atoms with Crippen LogP contribution in [0.3, 0.4) is 0 Å². The minimum absolute atomic E-state index is 0.0730. The minimum atomic E-state index is -4.82. The monoisotopic (exact) mass is 734 g/mol. The molecule has 1 saturated heterocycles. The molecule has 2 aliphatic heterocycles. The van der Waals surface area contributed by atoms with Crippen LogP contribution in [0.15, 0.2) is 18.2 Å². The third-order valence-corrected chi connectivity index (χ3v) is 10.5. The molecule has 3 heterocycles. The van der Waals surface area contributed by atoms with Gasteiger partial charge < -0.3 is 29.2 Å². The lowest BCUT2D eigenvalue weighted by Gasteiger charge is -2.39. The van der Waals surface area contributed by atoms with Crippen LogP contribution in [-0.2, 0) is 25.5 Å². The van der Waals surface area contributed by atoms with E-state index in [1.54, 1.807) is 66.9 Å². The van der Waals surface area contributed by atoms with Crippen LogP contribution in [0, 0.1) is 17.3 Å². The number of amides is 2. The van der Waals surface area contributed by atoms with Crippen LogP contribution in [0.1, 0.15) is 106 Å². The third kappa shape index (κ3) is 8.20. The summed E-state index contributed by atoms with van der Waals surface area (Å²) < 4.78 is 68.1. The van der Waals surface area contributed by atoms with Gasteiger partial charge in [-0.1, -0.05) is 40.5 Å².